The number of hydrogen-bond acceptors (Lipinski definition) is 2. The van der Waals surface area contributed by atoms with Crippen LogP contribution in [0.3, 0.4) is 0 Å². The van der Waals surface area contributed by atoms with Gasteiger partial charge in [0.1, 0.15) is 0 Å². The lowest BCUT2D eigenvalue weighted by atomic mass is 9.91. The largest absolute Gasteiger partial charge is 0.351 e. The number of rotatable bonds is 16. The van der Waals surface area contributed by atoms with E-state index in [0.29, 0.717) is 6.04 Å². The van der Waals surface area contributed by atoms with Gasteiger partial charge in [-0.3, -0.25) is 9.69 Å². The van der Waals surface area contributed by atoms with E-state index in [4.69, 9.17) is 0 Å². The third kappa shape index (κ3) is 12.7. The molecule has 1 N–H and O–H groups in total. The smallest absolute Gasteiger partial charge is 0.246 e. The van der Waals surface area contributed by atoms with E-state index in [-0.39, 0.29) is 5.91 Å². The molecule has 1 aliphatic rings. The van der Waals surface area contributed by atoms with E-state index in [2.05, 4.69) is 50.9 Å². The van der Waals surface area contributed by atoms with Crippen molar-refractivity contribution < 1.29 is 4.79 Å². The van der Waals surface area contributed by atoms with Crippen LogP contribution in [0.25, 0.3) is 0 Å². The van der Waals surface area contributed by atoms with Crippen LogP contribution in [-0.2, 0) is 4.79 Å². The second kappa shape index (κ2) is 16.8. The average molecular weight is 435 g/mol. The second-order valence-electron chi connectivity index (χ2n) is 10.5. The summed E-state index contributed by atoms with van der Waals surface area (Å²) in [5.74, 6) is 2.64. The van der Waals surface area contributed by atoms with Crippen LogP contribution in [0.1, 0.15) is 119 Å². The Morgan fingerprint density at radius 2 is 1.58 bits per heavy atom. The van der Waals surface area contributed by atoms with Gasteiger partial charge in [-0.2, -0.15) is 0 Å². The van der Waals surface area contributed by atoms with Crippen LogP contribution < -0.4 is 5.32 Å². The molecule has 31 heavy (non-hydrogen) atoms. The number of hydrogen-bond donors (Lipinski definition) is 1. The fourth-order valence-corrected chi connectivity index (χ4v) is 4.86. The summed E-state index contributed by atoms with van der Waals surface area (Å²) < 4.78 is 0. The third-order valence-corrected chi connectivity index (χ3v) is 7.61. The fourth-order valence-electron chi connectivity index (χ4n) is 4.86. The van der Waals surface area contributed by atoms with E-state index in [1.807, 2.05) is 6.92 Å². The molecule has 0 spiro atoms. The summed E-state index contributed by atoms with van der Waals surface area (Å²) in [4.78, 5) is 15.0. The van der Waals surface area contributed by atoms with Gasteiger partial charge in [-0.25, -0.2) is 0 Å². The van der Waals surface area contributed by atoms with Crippen molar-refractivity contribution in [2.45, 2.75) is 125 Å². The summed E-state index contributed by atoms with van der Waals surface area (Å²) in [5, 5.41) is 3.18. The van der Waals surface area contributed by atoms with Crippen LogP contribution in [0.2, 0.25) is 0 Å². The van der Waals surface area contributed by atoms with Crippen LogP contribution in [0.15, 0.2) is 11.6 Å². The molecule has 1 saturated heterocycles. The summed E-state index contributed by atoms with van der Waals surface area (Å²) in [5.41, 5.74) is 0.890. The van der Waals surface area contributed by atoms with E-state index in [1.54, 1.807) is 0 Å². The third-order valence-electron chi connectivity index (χ3n) is 7.61. The molecule has 4 unspecified atom stereocenters. The molecule has 1 amide bonds. The van der Waals surface area contributed by atoms with Crippen LogP contribution >= 0.6 is 0 Å². The number of piperidine rings is 1. The van der Waals surface area contributed by atoms with Gasteiger partial charge in [0.15, 0.2) is 0 Å². The van der Waals surface area contributed by atoms with Crippen molar-refractivity contribution in [2.75, 3.05) is 19.6 Å². The van der Waals surface area contributed by atoms with Gasteiger partial charge in [-0.05, 0) is 63.5 Å². The Morgan fingerprint density at radius 3 is 2.19 bits per heavy atom. The first-order valence-electron chi connectivity index (χ1n) is 13.6. The van der Waals surface area contributed by atoms with Gasteiger partial charge in [0, 0.05) is 18.2 Å². The summed E-state index contributed by atoms with van der Waals surface area (Å²) in [6.07, 6.45) is 17.7. The number of likely N-dealkylation sites (tertiary alicyclic amines) is 1. The van der Waals surface area contributed by atoms with Crippen LogP contribution in [-0.4, -0.2) is 36.5 Å². The summed E-state index contributed by atoms with van der Waals surface area (Å²) in [6.45, 7) is 16.7. The van der Waals surface area contributed by atoms with Crippen molar-refractivity contribution in [3.05, 3.63) is 11.6 Å². The van der Waals surface area contributed by atoms with Crippen molar-refractivity contribution in [3.63, 3.8) is 0 Å². The molecule has 3 nitrogen and oxygen atoms in total. The van der Waals surface area contributed by atoms with E-state index in [1.165, 1.54) is 77.2 Å². The average Bonchev–Trinajstić information content (AvgIpc) is 2.77. The predicted molar refractivity (Wildman–Crippen MR) is 136 cm³/mol. The Hall–Kier alpha value is -0.830. The summed E-state index contributed by atoms with van der Waals surface area (Å²) in [7, 11) is 0. The van der Waals surface area contributed by atoms with E-state index in [0.717, 1.165) is 42.8 Å². The minimum atomic E-state index is 0.125. The lowest BCUT2D eigenvalue weighted by Crippen LogP contribution is -2.46. The number of amides is 1. The van der Waals surface area contributed by atoms with Gasteiger partial charge < -0.3 is 5.32 Å². The molecule has 3 heteroatoms. The van der Waals surface area contributed by atoms with Gasteiger partial charge in [0.25, 0.3) is 0 Å². The van der Waals surface area contributed by atoms with Gasteiger partial charge in [-0.15, -0.1) is 0 Å². The number of nitrogens with one attached hydrogen (secondary N) is 1. The Kier molecular flexibility index (Phi) is 15.2. The highest BCUT2D eigenvalue weighted by Gasteiger charge is 2.21. The molecular formula is C28H54N2O. The zero-order valence-corrected chi connectivity index (χ0v) is 21.8. The predicted octanol–water partition coefficient (Wildman–Crippen LogP) is 7.36. The first kappa shape index (κ1) is 28.2. The molecule has 0 radical (unpaired) electrons. The normalized spacial score (nSPS) is 21.0. The number of likely N-dealkylation sites (N-methyl/N-ethyl adjacent to an activating group) is 1. The number of carbonyl (C=O) groups is 1. The van der Waals surface area contributed by atoms with Gasteiger partial charge in [0.2, 0.25) is 5.91 Å². The van der Waals surface area contributed by atoms with Crippen molar-refractivity contribution in [3.8, 4) is 0 Å². The van der Waals surface area contributed by atoms with Crippen molar-refractivity contribution in [2.24, 2.45) is 17.8 Å². The molecule has 1 heterocycles. The van der Waals surface area contributed by atoms with Crippen LogP contribution in [0, 0.1) is 17.8 Å². The number of carbonyl (C=O) groups excluding carboxylic acids is 1. The Labute approximate surface area is 194 Å². The maximum Gasteiger partial charge on any atom is 0.246 e. The minimum absolute atomic E-state index is 0.125. The molecule has 0 aromatic carbocycles. The molecule has 0 bridgehead atoms. The van der Waals surface area contributed by atoms with E-state index < -0.39 is 0 Å². The zero-order valence-electron chi connectivity index (χ0n) is 21.8. The molecule has 1 aliphatic heterocycles. The van der Waals surface area contributed by atoms with Gasteiger partial charge >= 0.3 is 0 Å². The highest BCUT2D eigenvalue weighted by Crippen LogP contribution is 2.22. The molecule has 182 valence electrons. The van der Waals surface area contributed by atoms with Crippen LogP contribution in [0.5, 0.6) is 0 Å². The molecular weight excluding hydrogens is 380 g/mol. The molecule has 0 aromatic rings. The molecule has 4 atom stereocenters. The zero-order chi connectivity index (χ0) is 23.1. The number of allylic oxidation sites excluding steroid dienone is 1. The first-order valence-corrected chi connectivity index (χ1v) is 13.6. The highest BCUT2D eigenvalue weighted by atomic mass is 16.1. The van der Waals surface area contributed by atoms with Crippen molar-refractivity contribution in [1.29, 1.82) is 0 Å². The maximum absolute atomic E-state index is 12.5. The standard InChI is InChI=1S/C28H54N2O/c1-7-23(3)14-11-15-24(4)16-12-17-25(5)18-13-19-26(6)28(31)29-22-27-20-9-10-21-30(27)8-2/h19,23-25,27H,7-18,20-22H2,1-6H3,(H,29,31)/b26-19+. The van der Waals surface area contributed by atoms with Crippen molar-refractivity contribution >= 4 is 5.91 Å². The second-order valence-corrected chi connectivity index (χ2v) is 10.5. The van der Waals surface area contributed by atoms with Gasteiger partial charge in [-0.1, -0.05) is 92.1 Å². The SMILES string of the molecule is CCC(C)CCCC(C)CCCC(C)CC/C=C(\C)C(=O)NCC1CCCCN1CC. The molecule has 0 saturated carbocycles. The summed E-state index contributed by atoms with van der Waals surface area (Å²) >= 11 is 0. The van der Waals surface area contributed by atoms with Crippen molar-refractivity contribution in [1.82, 2.24) is 10.2 Å². The number of nitrogens with zero attached hydrogens (tertiary/aromatic N) is 1. The molecule has 0 aliphatic carbocycles. The Morgan fingerprint density at radius 1 is 0.968 bits per heavy atom. The molecule has 1 rings (SSSR count). The topological polar surface area (TPSA) is 32.3 Å². The van der Waals surface area contributed by atoms with Gasteiger partial charge in [0.05, 0.1) is 0 Å². The maximum atomic E-state index is 12.5. The molecule has 1 fully saturated rings. The van der Waals surface area contributed by atoms with Crippen LogP contribution in [0.4, 0.5) is 0 Å². The minimum Gasteiger partial charge on any atom is -0.351 e. The van der Waals surface area contributed by atoms with E-state index in [9.17, 15) is 4.79 Å². The first-order chi connectivity index (χ1) is 14.9. The monoisotopic (exact) mass is 434 g/mol. The highest BCUT2D eigenvalue weighted by molar-refractivity contribution is 5.92. The lowest BCUT2D eigenvalue weighted by Gasteiger charge is -2.34. The molecule has 0 aromatic heterocycles. The Balaban J connectivity index is 2.15. The fraction of sp³-hybridized carbons (Fsp3) is 0.893. The lowest BCUT2D eigenvalue weighted by molar-refractivity contribution is -0.117. The van der Waals surface area contributed by atoms with E-state index >= 15 is 0 Å². The summed E-state index contributed by atoms with van der Waals surface area (Å²) in [6, 6.07) is 0.521. The quantitative estimate of drug-likeness (QED) is 0.257. The Bertz CT molecular complexity index is 501.